The second kappa shape index (κ2) is 9.05. The maximum Gasteiger partial charge on any atom is 1.00 e. The van der Waals surface area contributed by atoms with Crippen molar-refractivity contribution in [2.45, 2.75) is 0 Å². The standard InChI is InChI=1S/C20H8Br4O5.Na.H/c21-11-5-9-13(7-3-1-2-4-8(7)20(27)28)10-6-12(22)17(26)15(24)19(10)29-18(9)14(23)16(11)25;;/h1-6,25H,(H,27,28);;/q;+1;-1. The van der Waals surface area contributed by atoms with Crippen LogP contribution in [0.25, 0.3) is 33.4 Å². The third-order valence-electron chi connectivity index (χ3n) is 4.45. The first-order chi connectivity index (χ1) is 13.7. The van der Waals surface area contributed by atoms with Crippen molar-refractivity contribution in [2.24, 2.45) is 0 Å². The molecule has 0 unspecified atom stereocenters. The van der Waals surface area contributed by atoms with Gasteiger partial charge in [0.1, 0.15) is 14.7 Å². The Labute approximate surface area is 227 Å². The molecule has 1 heterocycles. The van der Waals surface area contributed by atoms with Crippen molar-refractivity contribution in [3.8, 4) is 28.2 Å². The number of phenolic OH excluding ortho intramolecular Hbond substituents is 1. The van der Waals surface area contributed by atoms with E-state index in [0.29, 0.717) is 31.0 Å². The molecule has 1 aliphatic heterocycles. The van der Waals surface area contributed by atoms with Crippen LogP contribution in [0.15, 0.2) is 63.5 Å². The second-order valence-corrected chi connectivity index (χ2v) is 9.40. The van der Waals surface area contributed by atoms with Crippen molar-refractivity contribution in [1.82, 2.24) is 0 Å². The first-order valence-corrected chi connectivity index (χ1v) is 11.2. The van der Waals surface area contributed by atoms with Crippen LogP contribution in [0.1, 0.15) is 11.8 Å². The molecule has 0 radical (unpaired) electrons. The Kier molecular flexibility index (Phi) is 7.23. The molecule has 2 aliphatic rings. The van der Waals surface area contributed by atoms with E-state index in [-0.39, 0.29) is 68.0 Å². The molecule has 4 rings (SSSR count). The number of phenols is 1. The SMILES string of the molecule is O=C(O)c1ccccc1-c1c2cc(Br)c(=O)c(Br)c-2oc2c(Br)c(O)c(Br)cc12.[H-].[Na+]. The van der Waals surface area contributed by atoms with E-state index < -0.39 is 5.97 Å². The number of halogens is 4. The summed E-state index contributed by atoms with van der Waals surface area (Å²) in [6.07, 6.45) is 0. The summed E-state index contributed by atoms with van der Waals surface area (Å²) in [5.41, 5.74) is 1.61. The van der Waals surface area contributed by atoms with Gasteiger partial charge >= 0.3 is 35.5 Å². The normalized spacial score (nSPS) is 10.9. The zero-order valence-corrected chi connectivity index (χ0v) is 23.4. The average molecular weight is 672 g/mol. The van der Waals surface area contributed by atoms with Gasteiger partial charge in [-0.1, -0.05) is 18.2 Å². The summed E-state index contributed by atoms with van der Waals surface area (Å²) in [6, 6.07) is 9.84. The maximum absolute atomic E-state index is 12.4. The van der Waals surface area contributed by atoms with Crippen LogP contribution in [0, 0.1) is 0 Å². The first kappa shape index (κ1) is 24.0. The molecule has 0 fully saturated rings. The monoisotopic (exact) mass is 668 g/mol. The largest absolute Gasteiger partial charge is 1.00 e. The number of carboxylic acids is 1. The molecule has 5 nitrogen and oxygen atoms in total. The van der Waals surface area contributed by atoms with Gasteiger partial charge in [-0.15, -0.1) is 0 Å². The zero-order valence-electron chi connectivity index (χ0n) is 16.1. The zero-order chi connectivity index (χ0) is 21.0. The van der Waals surface area contributed by atoms with Gasteiger partial charge in [-0.2, -0.15) is 0 Å². The van der Waals surface area contributed by atoms with Gasteiger partial charge in [-0.3, -0.25) is 4.79 Å². The van der Waals surface area contributed by atoms with Crippen LogP contribution in [-0.2, 0) is 0 Å². The summed E-state index contributed by atoms with van der Waals surface area (Å²) in [6.45, 7) is 0. The first-order valence-electron chi connectivity index (χ1n) is 8.00. The van der Waals surface area contributed by atoms with Gasteiger partial charge < -0.3 is 16.1 Å². The molecule has 0 saturated heterocycles. The molecule has 1 aliphatic carbocycles. The van der Waals surface area contributed by atoms with E-state index in [0.717, 1.165) is 0 Å². The third-order valence-corrected chi connectivity index (χ3v) is 7.10. The molecular formula is C20H9Br4NaO5. The van der Waals surface area contributed by atoms with E-state index in [1.165, 1.54) is 6.07 Å². The minimum absolute atomic E-state index is 0. The van der Waals surface area contributed by atoms with Crippen molar-refractivity contribution < 1.29 is 50.4 Å². The van der Waals surface area contributed by atoms with Gasteiger partial charge in [0.05, 0.1) is 14.5 Å². The molecule has 10 heteroatoms. The number of hydrogen-bond donors (Lipinski definition) is 2. The Bertz CT molecular complexity index is 1370. The van der Waals surface area contributed by atoms with Gasteiger partial charge in [0, 0.05) is 16.5 Å². The molecule has 2 N–H and O–H groups in total. The average Bonchev–Trinajstić information content (AvgIpc) is 2.69. The fourth-order valence-electron chi connectivity index (χ4n) is 3.17. The van der Waals surface area contributed by atoms with Crippen molar-refractivity contribution in [1.29, 1.82) is 0 Å². The van der Waals surface area contributed by atoms with E-state index in [1.807, 2.05) is 0 Å². The number of hydrogen-bond acceptors (Lipinski definition) is 4. The summed E-state index contributed by atoms with van der Waals surface area (Å²) >= 11 is 13.2. The van der Waals surface area contributed by atoms with Crippen LogP contribution in [0.3, 0.4) is 0 Å². The van der Waals surface area contributed by atoms with Gasteiger partial charge in [-0.05, 0) is 87.5 Å². The second-order valence-electron chi connectivity index (χ2n) is 6.10. The predicted octanol–water partition coefficient (Wildman–Crippen LogP) is 4.14. The van der Waals surface area contributed by atoms with Crippen LogP contribution < -0.4 is 35.0 Å². The maximum atomic E-state index is 12.4. The van der Waals surface area contributed by atoms with Crippen LogP contribution >= 0.6 is 63.7 Å². The number of aromatic hydroxyl groups is 1. The molecule has 2 aromatic carbocycles. The van der Waals surface area contributed by atoms with E-state index in [9.17, 15) is 19.8 Å². The number of fused-ring (bicyclic) bond motifs is 2. The summed E-state index contributed by atoms with van der Waals surface area (Å²) in [5, 5.41) is 20.6. The number of aromatic carboxylic acids is 1. The van der Waals surface area contributed by atoms with E-state index in [1.54, 1.807) is 30.3 Å². The number of carboxylic acid groups (broad SMARTS) is 1. The topological polar surface area (TPSA) is 87.7 Å². The molecule has 0 spiro atoms. The van der Waals surface area contributed by atoms with Gasteiger partial charge in [0.25, 0.3) is 0 Å². The summed E-state index contributed by atoms with van der Waals surface area (Å²) < 4.78 is 7.17. The molecule has 0 saturated carbocycles. The Hall–Kier alpha value is -0.680. The molecule has 0 aromatic heterocycles. The Balaban J connectivity index is 0.00000171. The molecule has 0 atom stereocenters. The fraction of sp³-hybridized carbons (Fsp3) is 0. The molecule has 0 bridgehead atoms. The summed E-state index contributed by atoms with van der Waals surface area (Å²) in [5.74, 6) is -0.921. The van der Waals surface area contributed by atoms with Crippen molar-refractivity contribution in [3.63, 3.8) is 0 Å². The Morgan fingerprint density at radius 2 is 1.63 bits per heavy atom. The van der Waals surface area contributed by atoms with Crippen molar-refractivity contribution >= 4 is 80.7 Å². The fourth-order valence-corrected chi connectivity index (χ4v) is 5.57. The quantitative estimate of drug-likeness (QED) is 0.247. The van der Waals surface area contributed by atoms with Crippen LogP contribution in [0.2, 0.25) is 0 Å². The molecule has 0 amide bonds. The van der Waals surface area contributed by atoms with Gasteiger partial charge in [0.15, 0.2) is 11.3 Å². The van der Waals surface area contributed by atoms with Crippen LogP contribution in [0.4, 0.5) is 0 Å². The predicted molar refractivity (Wildman–Crippen MR) is 125 cm³/mol. The molecule has 2 aromatic rings. The smallest absolute Gasteiger partial charge is 1.00 e. The Morgan fingerprint density at radius 3 is 2.30 bits per heavy atom. The van der Waals surface area contributed by atoms with Crippen molar-refractivity contribution in [3.05, 3.63) is 70.1 Å². The van der Waals surface area contributed by atoms with Crippen molar-refractivity contribution in [2.75, 3.05) is 0 Å². The molecule has 30 heavy (non-hydrogen) atoms. The summed E-state index contributed by atoms with van der Waals surface area (Å²) in [7, 11) is 0. The van der Waals surface area contributed by atoms with E-state index in [4.69, 9.17) is 4.42 Å². The number of rotatable bonds is 2. The Morgan fingerprint density at radius 1 is 0.967 bits per heavy atom. The van der Waals surface area contributed by atoms with Crippen LogP contribution in [-0.4, -0.2) is 16.2 Å². The van der Waals surface area contributed by atoms with Crippen LogP contribution in [0.5, 0.6) is 5.75 Å². The minimum Gasteiger partial charge on any atom is -1.00 e. The molecular weight excluding hydrogens is 663 g/mol. The van der Waals surface area contributed by atoms with Gasteiger partial charge in [0.2, 0.25) is 5.43 Å². The summed E-state index contributed by atoms with van der Waals surface area (Å²) in [4.78, 5) is 24.3. The number of carbonyl (C=O) groups is 1. The van der Waals surface area contributed by atoms with Gasteiger partial charge in [-0.25, -0.2) is 4.79 Å². The minimum atomic E-state index is -1.09. The van der Waals surface area contributed by atoms with E-state index >= 15 is 0 Å². The number of benzene rings is 3. The molecule has 148 valence electrons. The van der Waals surface area contributed by atoms with E-state index in [2.05, 4.69) is 63.7 Å². The third kappa shape index (κ3) is 3.83.